The van der Waals surface area contributed by atoms with E-state index in [1.54, 1.807) is 20.0 Å². The third-order valence-corrected chi connectivity index (χ3v) is 3.13. The predicted molar refractivity (Wildman–Crippen MR) is 76.7 cm³/mol. The van der Waals surface area contributed by atoms with Crippen LogP contribution < -0.4 is 0 Å². The molecule has 0 N–H and O–H groups in total. The minimum absolute atomic E-state index is 0.350. The summed E-state index contributed by atoms with van der Waals surface area (Å²) in [4.78, 5) is 20.4. The first kappa shape index (κ1) is 14.2. The van der Waals surface area contributed by atoms with Crippen LogP contribution in [0.25, 0.3) is 0 Å². The molecule has 20 heavy (non-hydrogen) atoms. The van der Waals surface area contributed by atoms with Gasteiger partial charge in [-0.3, -0.25) is 0 Å². The molecule has 0 aliphatic heterocycles. The van der Waals surface area contributed by atoms with Gasteiger partial charge < -0.3 is 4.74 Å². The Hall–Kier alpha value is -2.23. The van der Waals surface area contributed by atoms with Gasteiger partial charge in [0.15, 0.2) is 0 Å². The Morgan fingerprint density at radius 1 is 1.25 bits per heavy atom. The van der Waals surface area contributed by atoms with Gasteiger partial charge in [-0.1, -0.05) is 24.3 Å². The molecule has 4 heteroatoms. The van der Waals surface area contributed by atoms with E-state index in [9.17, 15) is 4.79 Å². The zero-order valence-electron chi connectivity index (χ0n) is 12.0. The molecular formula is C16H18N2O2. The lowest BCUT2D eigenvalue weighted by molar-refractivity contribution is 0.0524. The molecule has 0 radical (unpaired) electrons. The van der Waals surface area contributed by atoms with Crippen molar-refractivity contribution in [2.45, 2.75) is 27.2 Å². The summed E-state index contributed by atoms with van der Waals surface area (Å²) in [6, 6.07) is 8.14. The monoisotopic (exact) mass is 270 g/mol. The van der Waals surface area contributed by atoms with Crippen molar-refractivity contribution in [3.63, 3.8) is 0 Å². The number of ether oxygens (including phenoxy) is 1. The molecule has 0 bridgehead atoms. The number of nitrogens with zero attached hydrogens (tertiary/aromatic N) is 2. The van der Waals surface area contributed by atoms with Gasteiger partial charge in [-0.25, -0.2) is 14.8 Å². The highest BCUT2D eigenvalue weighted by atomic mass is 16.5. The van der Waals surface area contributed by atoms with E-state index in [1.807, 2.05) is 12.1 Å². The van der Waals surface area contributed by atoms with Crippen LogP contribution in [0.5, 0.6) is 0 Å². The summed E-state index contributed by atoms with van der Waals surface area (Å²) in [5.41, 5.74) is 3.49. The fourth-order valence-electron chi connectivity index (χ4n) is 1.99. The Morgan fingerprint density at radius 2 is 2.00 bits per heavy atom. The van der Waals surface area contributed by atoms with E-state index in [4.69, 9.17) is 4.74 Å². The average Bonchev–Trinajstić information content (AvgIpc) is 2.42. The van der Waals surface area contributed by atoms with Gasteiger partial charge in [-0.05, 0) is 31.9 Å². The van der Waals surface area contributed by atoms with E-state index in [-0.39, 0.29) is 5.97 Å². The highest BCUT2D eigenvalue weighted by molar-refractivity contribution is 5.90. The van der Waals surface area contributed by atoms with E-state index in [2.05, 4.69) is 29.0 Å². The summed E-state index contributed by atoms with van der Waals surface area (Å²) in [6.45, 7) is 5.99. The van der Waals surface area contributed by atoms with Crippen molar-refractivity contribution < 1.29 is 9.53 Å². The predicted octanol–water partition coefficient (Wildman–Crippen LogP) is 2.86. The van der Waals surface area contributed by atoms with Gasteiger partial charge in [0.05, 0.1) is 17.9 Å². The molecule has 0 unspecified atom stereocenters. The van der Waals surface area contributed by atoms with E-state index in [0.29, 0.717) is 30.1 Å². The molecule has 104 valence electrons. The number of rotatable bonds is 4. The molecule has 2 rings (SSSR count). The van der Waals surface area contributed by atoms with Crippen molar-refractivity contribution in [3.8, 4) is 0 Å². The Kier molecular flexibility index (Phi) is 4.45. The van der Waals surface area contributed by atoms with Crippen LogP contribution in [0.1, 0.15) is 39.9 Å². The third-order valence-electron chi connectivity index (χ3n) is 3.13. The number of hydrogen-bond donors (Lipinski definition) is 0. The lowest BCUT2D eigenvalue weighted by atomic mass is 10.1. The van der Waals surface area contributed by atoms with Crippen LogP contribution in [0.2, 0.25) is 0 Å². The number of benzene rings is 1. The van der Waals surface area contributed by atoms with Crippen molar-refractivity contribution in [2.24, 2.45) is 0 Å². The largest absolute Gasteiger partial charge is 0.462 e. The van der Waals surface area contributed by atoms with E-state index < -0.39 is 0 Å². The first-order chi connectivity index (χ1) is 9.61. The highest BCUT2D eigenvalue weighted by Crippen LogP contribution is 2.13. The van der Waals surface area contributed by atoms with Crippen LogP contribution >= 0.6 is 0 Å². The first-order valence-electron chi connectivity index (χ1n) is 6.66. The SMILES string of the molecule is CCOC(=O)c1cnc(Cc2ccccc2C)nc1C. The van der Waals surface area contributed by atoms with Crippen LogP contribution in [-0.4, -0.2) is 22.5 Å². The van der Waals surface area contributed by atoms with E-state index >= 15 is 0 Å². The maximum Gasteiger partial charge on any atom is 0.341 e. The molecule has 4 nitrogen and oxygen atoms in total. The van der Waals surface area contributed by atoms with Crippen molar-refractivity contribution >= 4 is 5.97 Å². The van der Waals surface area contributed by atoms with Crippen molar-refractivity contribution in [1.82, 2.24) is 9.97 Å². The summed E-state index contributed by atoms with van der Waals surface area (Å²) in [6.07, 6.45) is 2.21. The fraction of sp³-hybridized carbons (Fsp3) is 0.312. The zero-order valence-corrected chi connectivity index (χ0v) is 12.0. The standard InChI is InChI=1S/C16H18N2O2/c1-4-20-16(19)14-10-17-15(18-12(14)3)9-13-8-6-5-7-11(13)2/h5-8,10H,4,9H2,1-3H3. The number of carbonyl (C=O) groups excluding carboxylic acids is 1. The van der Waals surface area contributed by atoms with Gasteiger partial charge >= 0.3 is 5.97 Å². The molecule has 0 amide bonds. The summed E-state index contributed by atoms with van der Waals surface area (Å²) in [5, 5.41) is 0. The molecular weight excluding hydrogens is 252 g/mol. The van der Waals surface area contributed by atoms with Crippen LogP contribution in [0.4, 0.5) is 0 Å². The molecule has 2 aromatic rings. The first-order valence-corrected chi connectivity index (χ1v) is 6.66. The Morgan fingerprint density at radius 3 is 2.65 bits per heavy atom. The van der Waals surface area contributed by atoms with Crippen molar-refractivity contribution in [3.05, 3.63) is 58.7 Å². The number of aromatic nitrogens is 2. The van der Waals surface area contributed by atoms with Gasteiger partial charge in [0.1, 0.15) is 5.82 Å². The Labute approximate surface area is 118 Å². The average molecular weight is 270 g/mol. The van der Waals surface area contributed by atoms with Crippen molar-refractivity contribution in [1.29, 1.82) is 0 Å². The highest BCUT2D eigenvalue weighted by Gasteiger charge is 2.13. The quantitative estimate of drug-likeness (QED) is 0.802. The topological polar surface area (TPSA) is 52.1 Å². The molecule has 1 aromatic heterocycles. The third kappa shape index (κ3) is 3.20. The second-order valence-corrected chi connectivity index (χ2v) is 4.61. The molecule has 0 saturated heterocycles. The molecule has 1 heterocycles. The number of hydrogen-bond acceptors (Lipinski definition) is 4. The van der Waals surface area contributed by atoms with Gasteiger partial charge in [-0.2, -0.15) is 0 Å². The fourth-order valence-corrected chi connectivity index (χ4v) is 1.99. The van der Waals surface area contributed by atoms with Crippen LogP contribution in [0, 0.1) is 13.8 Å². The van der Waals surface area contributed by atoms with Crippen LogP contribution in [-0.2, 0) is 11.2 Å². The normalized spacial score (nSPS) is 10.3. The summed E-state index contributed by atoms with van der Waals surface area (Å²) < 4.78 is 4.97. The zero-order chi connectivity index (χ0) is 14.5. The molecule has 0 aliphatic carbocycles. The van der Waals surface area contributed by atoms with Gasteiger partial charge in [-0.15, -0.1) is 0 Å². The van der Waals surface area contributed by atoms with Crippen molar-refractivity contribution in [2.75, 3.05) is 6.61 Å². The summed E-state index contributed by atoms with van der Waals surface area (Å²) in [7, 11) is 0. The summed E-state index contributed by atoms with van der Waals surface area (Å²) >= 11 is 0. The Bertz CT molecular complexity index is 624. The van der Waals surface area contributed by atoms with Gasteiger partial charge in [0, 0.05) is 12.6 Å². The molecule has 0 saturated carbocycles. The second kappa shape index (κ2) is 6.28. The lowest BCUT2D eigenvalue weighted by Crippen LogP contribution is -2.10. The van der Waals surface area contributed by atoms with E-state index in [0.717, 1.165) is 0 Å². The van der Waals surface area contributed by atoms with Gasteiger partial charge in [0.2, 0.25) is 0 Å². The molecule has 0 spiro atoms. The second-order valence-electron chi connectivity index (χ2n) is 4.61. The number of aryl methyl sites for hydroxylation is 2. The minimum atomic E-state index is -0.368. The Balaban J connectivity index is 2.21. The lowest BCUT2D eigenvalue weighted by Gasteiger charge is -2.08. The van der Waals surface area contributed by atoms with Crippen LogP contribution in [0.15, 0.2) is 30.5 Å². The maximum absolute atomic E-state index is 11.7. The number of carbonyl (C=O) groups is 1. The summed E-state index contributed by atoms with van der Waals surface area (Å²) in [5.74, 6) is 0.345. The maximum atomic E-state index is 11.7. The van der Waals surface area contributed by atoms with E-state index in [1.165, 1.54) is 11.1 Å². The molecule has 0 fully saturated rings. The molecule has 1 aromatic carbocycles. The minimum Gasteiger partial charge on any atom is -0.462 e. The number of esters is 1. The van der Waals surface area contributed by atoms with Gasteiger partial charge in [0.25, 0.3) is 0 Å². The smallest absolute Gasteiger partial charge is 0.341 e. The molecule has 0 atom stereocenters. The molecule has 0 aliphatic rings. The van der Waals surface area contributed by atoms with Crippen LogP contribution in [0.3, 0.4) is 0 Å².